The molecule has 1 aliphatic heterocycles. The minimum absolute atomic E-state index is 0.0410. The number of benzene rings is 1. The molecule has 96 valence electrons. The Bertz CT molecular complexity index is 451. The maximum atomic E-state index is 12.2. The van der Waals surface area contributed by atoms with Crippen LogP contribution in [0.5, 0.6) is 0 Å². The van der Waals surface area contributed by atoms with Gasteiger partial charge in [-0.05, 0) is 31.0 Å². The van der Waals surface area contributed by atoms with Crippen LogP contribution in [-0.2, 0) is 4.79 Å². The van der Waals surface area contributed by atoms with E-state index in [-0.39, 0.29) is 11.8 Å². The summed E-state index contributed by atoms with van der Waals surface area (Å²) in [5, 5.41) is 2.77. The number of hydrogen-bond acceptors (Lipinski definition) is 2. The van der Waals surface area contributed by atoms with Crippen LogP contribution in [0.25, 0.3) is 0 Å². The number of hydrogen-bond donors (Lipinski definition) is 1. The molecular weight excluding hydrogens is 228 g/mol. The molecular formula is C14H18N2O2. The monoisotopic (exact) mass is 246 g/mol. The van der Waals surface area contributed by atoms with E-state index < -0.39 is 0 Å². The van der Waals surface area contributed by atoms with Crippen LogP contribution in [0.1, 0.15) is 36.5 Å². The molecule has 0 unspecified atom stereocenters. The molecule has 1 aromatic carbocycles. The van der Waals surface area contributed by atoms with Crippen LogP contribution in [0.4, 0.5) is 5.69 Å². The van der Waals surface area contributed by atoms with E-state index in [4.69, 9.17) is 0 Å². The Morgan fingerprint density at radius 1 is 1.28 bits per heavy atom. The van der Waals surface area contributed by atoms with Gasteiger partial charge in [0.05, 0.1) is 0 Å². The zero-order chi connectivity index (χ0) is 13.0. The minimum Gasteiger partial charge on any atom is -0.339 e. The van der Waals surface area contributed by atoms with Crippen molar-refractivity contribution in [2.24, 2.45) is 0 Å². The summed E-state index contributed by atoms with van der Waals surface area (Å²) >= 11 is 0. The highest BCUT2D eigenvalue weighted by molar-refractivity contribution is 5.97. The summed E-state index contributed by atoms with van der Waals surface area (Å²) in [6.45, 7) is 3.48. The quantitative estimate of drug-likeness (QED) is 0.889. The van der Waals surface area contributed by atoms with Crippen LogP contribution in [0.2, 0.25) is 0 Å². The van der Waals surface area contributed by atoms with Crippen molar-refractivity contribution in [3.8, 4) is 0 Å². The molecule has 2 amide bonds. The highest BCUT2D eigenvalue weighted by Gasteiger charge is 2.19. The average Bonchev–Trinajstić information content (AvgIpc) is 2.92. The predicted molar refractivity (Wildman–Crippen MR) is 70.5 cm³/mol. The molecule has 0 bridgehead atoms. The second kappa shape index (κ2) is 5.67. The number of amides is 2. The second-order valence-electron chi connectivity index (χ2n) is 4.48. The molecule has 1 aromatic rings. The van der Waals surface area contributed by atoms with Gasteiger partial charge >= 0.3 is 0 Å². The molecule has 1 aliphatic rings. The summed E-state index contributed by atoms with van der Waals surface area (Å²) in [6.07, 6.45) is 2.60. The van der Waals surface area contributed by atoms with Gasteiger partial charge in [0.25, 0.3) is 5.91 Å². The number of likely N-dealkylation sites (tertiary alicyclic amines) is 1. The average molecular weight is 246 g/mol. The Morgan fingerprint density at radius 2 is 2.00 bits per heavy atom. The lowest BCUT2D eigenvalue weighted by molar-refractivity contribution is -0.115. The summed E-state index contributed by atoms with van der Waals surface area (Å²) in [5.74, 6) is 0.0147. The summed E-state index contributed by atoms with van der Waals surface area (Å²) in [5.41, 5.74) is 1.33. The van der Waals surface area contributed by atoms with Crippen LogP contribution >= 0.6 is 0 Å². The van der Waals surface area contributed by atoms with Crippen molar-refractivity contribution in [3.63, 3.8) is 0 Å². The van der Waals surface area contributed by atoms with E-state index in [1.807, 2.05) is 4.90 Å². The first-order valence-electron chi connectivity index (χ1n) is 6.40. The maximum absolute atomic E-state index is 12.2. The van der Waals surface area contributed by atoms with Gasteiger partial charge in [-0.15, -0.1) is 0 Å². The summed E-state index contributed by atoms with van der Waals surface area (Å²) < 4.78 is 0. The standard InChI is InChI=1S/C14H18N2O2/c1-2-13(17)15-12-7-5-6-11(10-12)14(18)16-8-3-4-9-16/h5-7,10H,2-4,8-9H2,1H3,(H,15,17). The van der Waals surface area contributed by atoms with E-state index in [9.17, 15) is 9.59 Å². The van der Waals surface area contributed by atoms with E-state index in [1.54, 1.807) is 31.2 Å². The van der Waals surface area contributed by atoms with E-state index in [1.165, 1.54) is 0 Å². The minimum atomic E-state index is -0.0410. The first-order valence-corrected chi connectivity index (χ1v) is 6.40. The van der Waals surface area contributed by atoms with Crippen molar-refractivity contribution < 1.29 is 9.59 Å². The highest BCUT2D eigenvalue weighted by atomic mass is 16.2. The van der Waals surface area contributed by atoms with E-state index in [0.717, 1.165) is 25.9 Å². The van der Waals surface area contributed by atoms with Crippen molar-refractivity contribution in [1.82, 2.24) is 4.90 Å². The Labute approximate surface area is 107 Å². The second-order valence-corrected chi connectivity index (χ2v) is 4.48. The Balaban J connectivity index is 2.11. The lowest BCUT2D eigenvalue weighted by Crippen LogP contribution is -2.27. The summed E-state index contributed by atoms with van der Waals surface area (Å²) in [4.78, 5) is 25.3. The SMILES string of the molecule is CCC(=O)Nc1cccc(C(=O)N2CCCC2)c1. The topological polar surface area (TPSA) is 49.4 Å². The zero-order valence-corrected chi connectivity index (χ0v) is 10.6. The first kappa shape index (κ1) is 12.6. The summed E-state index contributed by atoms with van der Waals surface area (Å²) in [7, 11) is 0. The van der Waals surface area contributed by atoms with Crippen molar-refractivity contribution in [3.05, 3.63) is 29.8 Å². The van der Waals surface area contributed by atoms with Crippen molar-refractivity contribution in [2.45, 2.75) is 26.2 Å². The molecule has 1 N–H and O–H groups in total. The molecule has 0 radical (unpaired) electrons. The predicted octanol–water partition coefficient (Wildman–Crippen LogP) is 2.27. The number of carbonyl (C=O) groups excluding carboxylic acids is 2. The molecule has 4 heteroatoms. The molecule has 0 atom stereocenters. The van der Waals surface area contributed by atoms with Gasteiger partial charge in [-0.2, -0.15) is 0 Å². The van der Waals surface area contributed by atoms with E-state index in [2.05, 4.69) is 5.32 Å². The molecule has 1 heterocycles. The molecule has 2 rings (SSSR count). The van der Waals surface area contributed by atoms with Gasteiger partial charge in [-0.25, -0.2) is 0 Å². The number of rotatable bonds is 3. The van der Waals surface area contributed by atoms with Crippen LogP contribution < -0.4 is 5.32 Å². The van der Waals surface area contributed by atoms with Crippen LogP contribution in [0.15, 0.2) is 24.3 Å². The van der Waals surface area contributed by atoms with Gasteiger partial charge < -0.3 is 10.2 Å². The molecule has 0 spiro atoms. The third-order valence-corrected chi connectivity index (χ3v) is 3.11. The fraction of sp³-hybridized carbons (Fsp3) is 0.429. The number of nitrogens with zero attached hydrogens (tertiary/aromatic N) is 1. The van der Waals surface area contributed by atoms with Gasteiger partial charge in [0, 0.05) is 30.8 Å². The van der Waals surface area contributed by atoms with Crippen molar-refractivity contribution in [2.75, 3.05) is 18.4 Å². The molecule has 1 fully saturated rings. The Morgan fingerprint density at radius 3 is 2.67 bits per heavy atom. The fourth-order valence-electron chi connectivity index (χ4n) is 2.08. The third-order valence-electron chi connectivity index (χ3n) is 3.11. The molecule has 0 saturated carbocycles. The number of anilines is 1. The van der Waals surface area contributed by atoms with Crippen molar-refractivity contribution >= 4 is 17.5 Å². The van der Waals surface area contributed by atoms with Gasteiger partial charge in [-0.1, -0.05) is 13.0 Å². The largest absolute Gasteiger partial charge is 0.339 e. The molecule has 18 heavy (non-hydrogen) atoms. The molecule has 0 aromatic heterocycles. The summed E-state index contributed by atoms with van der Waals surface area (Å²) in [6, 6.07) is 7.14. The molecule has 1 saturated heterocycles. The normalized spacial score (nSPS) is 14.6. The lowest BCUT2D eigenvalue weighted by atomic mass is 10.1. The third kappa shape index (κ3) is 2.88. The van der Waals surface area contributed by atoms with Crippen LogP contribution in [0.3, 0.4) is 0 Å². The van der Waals surface area contributed by atoms with Gasteiger partial charge in [0.2, 0.25) is 5.91 Å². The molecule has 4 nitrogen and oxygen atoms in total. The van der Waals surface area contributed by atoms with Gasteiger partial charge in [-0.3, -0.25) is 9.59 Å². The number of carbonyl (C=O) groups is 2. The number of nitrogens with one attached hydrogen (secondary N) is 1. The smallest absolute Gasteiger partial charge is 0.253 e. The Hall–Kier alpha value is -1.84. The highest BCUT2D eigenvalue weighted by Crippen LogP contribution is 2.16. The van der Waals surface area contributed by atoms with Gasteiger partial charge in [0.1, 0.15) is 0 Å². The lowest BCUT2D eigenvalue weighted by Gasteiger charge is -2.15. The fourth-order valence-corrected chi connectivity index (χ4v) is 2.08. The van der Waals surface area contributed by atoms with E-state index in [0.29, 0.717) is 17.7 Å². The maximum Gasteiger partial charge on any atom is 0.253 e. The zero-order valence-electron chi connectivity index (χ0n) is 10.6. The van der Waals surface area contributed by atoms with Gasteiger partial charge in [0.15, 0.2) is 0 Å². The van der Waals surface area contributed by atoms with Crippen LogP contribution in [0, 0.1) is 0 Å². The Kier molecular flexibility index (Phi) is 3.97. The first-order chi connectivity index (χ1) is 8.70. The van der Waals surface area contributed by atoms with Crippen molar-refractivity contribution in [1.29, 1.82) is 0 Å². The molecule has 0 aliphatic carbocycles. The van der Waals surface area contributed by atoms with E-state index >= 15 is 0 Å². The van der Waals surface area contributed by atoms with Crippen LogP contribution in [-0.4, -0.2) is 29.8 Å².